The summed E-state index contributed by atoms with van der Waals surface area (Å²) in [4.78, 5) is 0. The molecule has 0 N–H and O–H groups in total. The molecule has 0 aliphatic heterocycles. The Morgan fingerprint density at radius 1 is 1.23 bits per heavy atom. The second kappa shape index (κ2) is 5.26. The largest absolute Gasteiger partial charge is 0.0999 e. The van der Waals surface area contributed by atoms with Gasteiger partial charge in [-0.1, -0.05) is 36.6 Å². The Balaban J connectivity index is 2.21. The molecule has 0 aromatic rings. The third-order valence-corrected chi connectivity index (χ3v) is 3.02. The number of hydrogen-bond donors (Lipinski definition) is 0. The first-order valence-electron chi connectivity index (χ1n) is 5.58. The molecule has 1 saturated carbocycles. The maximum absolute atomic E-state index is 4.10. The van der Waals surface area contributed by atoms with E-state index in [-0.39, 0.29) is 0 Å². The van der Waals surface area contributed by atoms with Gasteiger partial charge < -0.3 is 0 Å². The molecule has 74 valence electrons. The molecule has 13 heavy (non-hydrogen) atoms. The Labute approximate surface area is 82.7 Å². The van der Waals surface area contributed by atoms with Crippen molar-refractivity contribution in [1.29, 1.82) is 0 Å². The zero-order valence-corrected chi connectivity index (χ0v) is 9.16. The van der Waals surface area contributed by atoms with Crippen LogP contribution in [0.15, 0.2) is 23.3 Å². The van der Waals surface area contributed by atoms with Crippen molar-refractivity contribution in [3.05, 3.63) is 23.3 Å². The summed E-state index contributed by atoms with van der Waals surface area (Å²) in [7, 11) is 0. The fourth-order valence-corrected chi connectivity index (χ4v) is 1.80. The van der Waals surface area contributed by atoms with Gasteiger partial charge in [0.05, 0.1) is 0 Å². The standard InChI is InChI=1S/C13H22/c1-4-6-11(2)9-10-12(3)13-7-5-8-13/h2,4-10H2,1,3H3. The van der Waals surface area contributed by atoms with Crippen LogP contribution in [0.1, 0.15) is 58.8 Å². The summed E-state index contributed by atoms with van der Waals surface area (Å²) < 4.78 is 0. The van der Waals surface area contributed by atoms with Crippen LogP contribution in [0.2, 0.25) is 0 Å². The summed E-state index contributed by atoms with van der Waals surface area (Å²) in [5.41, 5.74) is 4.80. The van der Waals surface area contributed by atoms with Crippen molar-refractivity contribution in [3.8, 4) is 0 Å². The Kier molecular flexibility index (Phi) is 4.27. The minimum atomic E-state index is 1.21. The van der Waals surface area contributed by atoms with Gasteiger partial charge >= 0.3 is 0 Å². The van der Waals surface area contributed by atoms with Crippen LogP contribution in [0.25, 0.3) is 0 Å². The molecule has 1 fully saturated rings. The molecule has 1 aliphatic carbocycles. The maximum Gasteiger partial charge on any atom is -0.0283 e. The predicted octanol–water partition coefficient (Wildman–Crippen LogP) is 4.62. The highest BCUT2D eigenvalue weighted by atomic mass is 14.2. The average Bonchev–Trinajstić information content (AvgIpc) is 1.98. The molecule has 0 saturated heterocycles. The summed E-state index contributed by atoms with van der Waals surface area (Å²) in [5, 5.41) is 0. The van der Waals surface area contributed by atoms with E-state index in [1.807, 2.05) is 0 Å². The summed E-state index contributed by atoms with van der Waals surface area (Å²) in [6.07, 6.45) is 9.08. The molecule has 0 amide bonds. The maximum atomic E-state index is 4.10. The molecular weight excluding hydrogens is 156 g/mol. The lowest BCUT2D eigenvalue weighted by Gasteiger charge is -2.20. The van der Waals surface area contributed by atoms with Gasteiger partial charge in [0.15, 0.2) is 0 Å². The van der Waals surface area contributed by atoms with Crippen LogP contribution >= 0.6 is 0 Å². The van der Waals surface area contributed by atoms with Crippen LogP contribution < -0.4 is 0 Å². The van der Waals surface area contributed by atoms with E-state index in [4.69, 9.17) is 0 Å². The lowest BCUT2D eigenvalue weighted by Crippen LogP contribution is -2.00. The van der Waals surface area contributed by atoms with Crippen molar-refractivity contribution in [2.24, 2.45) is 0 Å². The predicted molar refractivity (Wildman–Crippen MR) is 59.8 cm³/mol. The topological polar surface area (TPSA) is 0 Å². The molecule has 0 nitrogen and oxygen atoms in total. The molecule has 0 unspecified atom stereocenters. The van der Waals surface area contributed by atoms with Crippen LogP contribution in [0.4, 0.5) is 0 Å². The molecule has 0 heterocycles. The quantitative estimate of drug-likeness (QED) is 0.539. The molecule has 0 heteroatoms. The zero-order chi connectivity index (χ0) is 9.68. The van der Waals surface area contributed by atoms with E-state index in [0.29, 0.717) is 0 Å². The van der Waals surface area contributed by atoms with Crippen molar-refractivity contribution < 1.29 is 0 Å². The molecule has 0 radical (unpaired) electrons. The third kappa shape index (κ3) is 3.38. The molecule has 0 aromatic heterocycles. The summed E-state index contributed by atoms with van der Waals surface area (Å²) in [6, 6.07) is 0. The lowest BCUT2D eigenvalue weighted by molar-refractivity contribution is 0.639. The molecule has 0 spiro atoms. The zero-order valence-electron chi connectivity index (χ0n) is 9.16. The first-order chi connectivity index (χ1) is 6.24. The van der Waals surface area contributed by atoms with Crippen molar-refractivity contribution >= 4 is 0 Å². The highest BCUT2D eigenvalue weighted by Crippen LogP contribution is 2.30. The summed E-state index contributed by atoms with van der Waals surface area (Å²) in [5.74, 6) is 0. The fourth-order valence-electron chi connectivity index (χ4n) is 1.80. The third-order valence-electron chi connectivity index (χ3n) is 3.02. The number of rotatable bonds is 5. The first-order valence-corrected chi connectivity index (χ1v) is 5.58. The van der Waals surface area contributed by atoms with Crippen molar-refractivity contribution in [2.75, 3.05) is 0 Å². The molecule has 0 atom stereocenters. The van der Waals surface area contributed by atoms with Crippen LogP contribution in [-0.2, 0) is 0 Å². The Bertz CT molecular complexity index is 202. The highest BCUT2D eigenvalue weighted by Gasteiger charge is 2.11. The van der Waals surface area contributed by atoms with Gasteiger partial charge in [-0.15, -0.1) is 0 Å². The Hall–Kier alpha value is -0.520. The molecule has 1 rings (SSSR count). The smallest absolute Gasteiger partial charge is 0.0283 e. The van der Waals surface area contributed by atoms with Gasteiger partial charge in [-0.3, -0.25) is 0 Å². The monoisotopic (exact) mass is 178 g/mol. The van der Waals surface area contributed by atoms with Crippen LogP contribution in [0, 0.1) is 0 Å². The van der Waals surface area contributed by atoms with Gasteiger partial charge in [0.2, 0.25) is 0 Å². The number of allylic oxidation sites excluding steroid dienone is 3. The number of hydrogen-bond acceptors (Lipinski definition) is 0. The van der Waals surface area contributed by atoms with E-state index in [0.717, 1.165) is 0 Å². The van der Waals surface area contributed by atoms with E-state index in [1.54, 1.807) is 11.1 Å². The van der Waals surface area contributed by atoms with E-state index in [1.165, 1.54) is 50.5 Å². The Morgan fingerprint density at radius 3 is 2.38 bits per heavy atom. The minimum absolute atomic E-state index is 1.21. The van der Waals surface area contributed by atoms with E-state index in [9.17, 15) is 0 Å². The van der Waals surface area contributed by atoms with Crippen molar-refractivity contribution in [2.45, 2.75) is 58.8 Å². The molecule has 0 aromatic carbocycles. The normalized spacial score (nSPS) is 15.4. The summed E-state index contributed by atoms with van der Waals surface area (Å²) in [6.45, 7) is 8.62. The minimum Gasteiger partial charge on any atom is -0.0999 e. The highest BCUT2D eigenvalue weighted by molar-refractivity contribution is 5.18. The van der Waals surface area contributed by atoms with Gasteiger partial charge in [-0.05, 0) is 45.4 Å². The van der Waals surface area contributed by atoms with Gasteiger partial charge in [0.1, 0.15) is 0 Å². The second-order valence-corrected chi connectivity index (χ2v) is 4.24. The van der Waals surface area contributed by atoms with Crippen LogP contribution in [-0.4, -0.2) is 0 Å². The van der Waals surface area contributed by atoms with Gasteiger partial charge in [-0.25, -0.2) is 0 Å². The van der Waals surface area contributed by atoms with Gasteiger partial charge in [-0.2, -0.15) is 0 Å². The second-order valence-electron chi connectivity index (χ2n) is 4.24. The average molecular weight is 178 g/mol. The van der Waals surface area contributed by atoms with Crippen molar-refractivity contribution in [1.82, 2.24) is 0 Å². The fraction of sp³-hybridized carbons (Fsp3) is 0.692. The molecule has 0 bridgehead atoms. The van der Waals surface area contributed by atoms with E-state index in [2.05, 4.69) is 20.4 Å². The first kappa shape index (κ1) is 10.6. The summed E-state index contributed by atoms with van der Waals surface area (Å²) >= 11 is 0. The van der Waals surface area contributed by atoms with Crippen LogP contribution in [0.5, 0.6) is 0 Å². The van der Waals surface area contributed by atoms with Crippen LogP contribution in [0.3, 0.4) is 0 Å². The lowest BCUT2D eigenvalue weighted by atomic mass is 9.86. The SMILES string of the molecule is C=C(CCC)CCC(C)=C1CCC1. The van der Waals surface area contributed by atoms with Gasteiger partial charge in [0.25, 0.3) is 0 Å². The Morgan fingerprint density at radius 2 is 1.92 bits per heavy atom. The van der Waals surface area contributed by atoms with Crippen molar-refractivity contribution in [3.63, 3.8) is 0 Å². The van der Waals surface area contributed by atoms with Gasteiger partial charge in [0, 0.05) is 0 Å². The van der Waals surface area contributed by atoms with E-state index >= 15 is 0 Å². The molecular formula is C13H22. The van der Waals surface area contributed by atoms with E-state index < -0.39 is 0 Å². The molecule has 1 aliphatic rings.